The molecule has 1 N–H and O–H groups in total. The standard InChI is InChI=1S/C41H34N2O3/c1-44-36-19-10-30(11-20-36)28-4-6-33(7-5-28)40(27-42)39-26-34(32-14-23-38(46-3)24-15-32)16-25-41(39)43-35-17-8-29(9-18-35)31-12-21-37(45-2)22-13-31/h4-26,40,43H,1-3H3. The van der Waals surface area contributed by atoms with Crippen LogP contribution in [-0.4, -0.2) is 21.3 Å². The summed E-state index contributed by atoms with van der Waals surface area (Å²) >= 11 is 0. The average Bonchev–Trinajstić information content (AvgIpc) is 3.13. The van der Waals surface area contributed by atoms with Gasteiger partial charge in [0.25, 0.3) is 0 Å². The van der Waals surface area contributed by atoms with Crippen LogP contribution in [0.25, 0.3) is 33.4 Å². The number of anilines is 2. The van der Waals surface area contributed by atoms with Crippen LogP contribution in [0.5, 0.6) is 17.2 Å². The fourth-order valence-electron chi connectivity index (χ4n) is 5.54. The van der Waals surface area contributed by atoms with Gasteiger partial charge in [-0.25, -0.2) is 0 Å². The molecule has 0 aliphatic heterocycles. The van der Waals surface area contributed by atoms with Crippen molar-refractivity contribution in [1.29, 1.82) is 5.26 Å². The molecule has 46 heavy (non-hydrogen) atoms. The third kappa shape index (κ3) is 6.57. The Morgan fingerprint density at radius 1 is 0.478 bits per heavy atom. The molecule has 0 aliphatic carbocycles. The largest absolute Gasteiger partial charge is 0.497 e. The summed E-state index contributed by atoms with van der Waals surface area (Å²) < 4.78 is 16.0. The molecule has 0 saturated carbocycles. The number of hydrogen-bond donors (Lipinski definition) is 1. The van der Waals surface area contributed by atoms with Gasteiger partial charge in [0.15, 0.2) is 0 Å². The van der Waals surface area contributed by atoms with Crippen molar-refractivity contribution in [3.63, 3.8) is 0 Å². The first-order valence-electron chi connectivity index (χ1n) is 15.0. The molecule has 226 valence electrons. The van der Waals surface area contributed by atoms with Gasteiger partial charge in [-0.2, -0.15) is 5.26 Å². The summed E-state index contributed by atoms with van der Waals surface area (Å²) in [6, 6.07) is 49.3. The zero-order chi connectivity index (χ0) is 31.9. The Bertz CT molecular complexity index is 1940. The number of benzene rings is 6. The van der Waals surface area contributed by atoms with Gasteiger partial charge in [0, 0.05) is 11.4 Å². The van der Waals surface area contributed by atoms with E-state index in [0.29, 0.717) is 0 Å². The molecular formula is C41H34N2O3. The van der Waals surface area contributed by atoms with Gasteiger partial charge in [-0.05, 0) is 105 Å². The van der Waals surface area contributed by atoms with Gasteiger partial charge in [-0.15, -0.1) is 0 Å². The molecule has 0 radical (unpaired) electrons. The number of hydrogen-bond acceptors (Lipinski definition) is 5. The highest BCUT2D eigenvalue weighted by molar-refractivity contribution is 5.75. The zero-order valence-electron chi connectivity index (χ0n) is 26.0. The van der Waals surface area contributed by atoms with E-state index in [1.807, 2.05) is 72.8 Å². The van der Waals surface area contributed by atoms with Crippen molar-refractivity contribution in [2.45, 2.75) is 5.92 Å². The van der Waals surface area contributed by atoms with E-state index in [-0.39, 0.29) is 0 Å². The van der Waals surface area contributed by atoms with Crippen molar-refractivity contribution in [3.8, 4) is 56.7 Å². The van der Waals surface area contributed by atoms with Crippen molar-refractivity contribution in [2.24, 2.45) is 0 Å². The van der Waals surface area contributed by atoms with Crippen molar-refractivity contribution in [2.75, 3.05) is 26.6 Å². The van der Waals surface area contributed by atoms with E-state index in [2.05, 4.69) is 78.1 Å². The van der Waals surface area contributed by atoms with Crippen LogP contribution < -0.4 is 19.5 Å². The summed E-state index contributed by atoms with van der Waals surface area (Å²) in [5, 5.41) is 14.2. The second-order valence-electron chi connectivity index (χ2n) is 10.9. The molecule has 5 heteroatoms. The molecule has 0 amide bonds. The maximum atomic E-state index is 10.6. The summed E-state index contributed by atoms with van der Waals surface area (Å²) in [6.45, 7) is 0. The maximum Gasteiger partial charge on any atom is 0.118 e. The summed E-state index contributed by atoms with van der Waals surface area (Å²) in [5.74, 6) is 1.95. The van der Waals surface area contributed by atoms with E-state index < -0.39 is 5.92 Å². The zero-order valence-corrected chi connectivity index (χ0v) is 26.0. The number of methoxy groups -OCH3 is 3. The van der Waals surface area contributed by atoms with Gasteiger partial charge in [-0.1, -0.05) is 78.9 Å². The molecule has 6 aromatic carbocycles. The predicted molar refractivity (Wildman–Crippen MR) is 186 cm³/mol. The van der Waals surface area contributed by atoms with E-state index >= 15 is 0 Å². The molecule has 0 saturated heterocycles. The highest BCUT2D eigenvalue weighted by Crippen LogP contribution is 2.37. The van der Waals surface area contributed by atoms with Crippen LogP contribution in [0, 0.1) is 11.3 Å². The third-order valence-corrected chi connectivity index (χ3v) is 8.17. The number of nitrogens with one attached hydrogen (secondary N) is 1. The second-order valence-corrected chi connectivity index (χ2v) is 10.9. The Morgan fingerprint density at radius 3 is 1.26 bits per heavy atom. The van der Waals surface area contributed by atoms with Crippen LogP contribution in [0.3, 0.4) is 0 Å². The Kier molecular flexibility index (Phi) is 8.99. The van der Waals surface area contributed by atoms with Crippen LogP contribution in [0.2, 0.25) is 0 Å². The molecule has 5 nitrogen and oxygen atoms in total. The fraction of sp³-hybridized carbons (Fsp3) is 0.0976. The Labute approximate surface area is 270 Å². The van der Waals surface area contributed by atoms with Gasteiger partial charge >= 0.3 is 0 Å². The Morgan fingerprint density at radius 2 is 0.848 bits per heavy atom. The van der Waals surface area contributed by atoms with Crippen LogP contribution in [0.1, 0.15) is 17.0 Å². The topological polar surface area (TPSA) is 63.5 Å². The minimum Gasteiger partial charge on any atom is -0.497 e. The first-order chi connectivity index (χ1) is 22.6. The normalized spacial score (nSPS) is 11.3. The molecule has 0 aromatic heterocycles. The van der Waals surface area contributed by atoms with Crippen LogP contribution in [0.15, 0.2) is 140 Å². The first-order valence-corrected chi connectivity index (χ1v) is 15.0. The molecule has 6 aromatic rings. The van der Waals surface area contributed by atoms with Gasteiger partial charge in [0.2, 0.25) is 0 Å². The van der Waals surface area contributed by atoms with Crippen molar-refractivity contribution < 1.29 is 14.2 Å². The molecule has 6 rings (SSSR count). The maximum absolute atomic E-state index is 10.6. The lowest BCUT2D eigenvalue weighted by atomic mass is 9.88. The highest BCUT2D eigenvalue weighted by Gasteiger charge is 2.19. The summed E-state index contributed by atoms with van der Waals surface area (Å²) in [7, 11) is 4.99. The lowest BCUT2D eigenvalue weighted by Crippen LogP contribution is -2.04. The summed E-state index contributed by atoms with van der Waals surface area (Å²) in [4.78, 5) is 0. The van der Waals surface area contributed by atoms with E-state index in [1.54, 1.807) is 21.3 Å². The second kappa shape index (κ2) is 13.8. The van der Waals surface area contributed by atoms with Crippen LogP contribution in [-0.2, 0) is 0 Å². The SMILES string of the molecule is COc1ccc(-c2ccc(Nc3ccc(-c4ccc(OC)cc4)cc3C(C#N)c3ccc(-c4ccc(OC)cc4)cc3)cc2)cc1. The number of rotatable bonds is 10. The van der Waals surface area contributed by atoms with E-state index in [1.165, 1.54) is 0 Å². The lowest BCUT2D eigenvalue weighted by molar-refractivity contribution is 0.415. The number of nitrogens with zero attached hydrogens (tertiary/aromatic N) is 1. The highest BCUT2D eigenvalue weighted by atomic mass is 16.5. The van der Waals surface area contributed by atoms with Crippen molar-refractivity contribution in [1.82, 2.24) is 0 Å². The molecule has 1 unspecified atom stereocenters. The van der Waals surface area contributed by atoms with Gasteiger partial charge < -0.3 is 19.5 Å². The fourth-order valence-corrected chi connectivity index (χ4v) is 5.54. The van der Waals surface area contributed by atoms with Crippen molar-refractivity contribution in [3.05, 3.63) is 151 Å². The number of nitriles is 1. The summed E-state index contributed by atoms with van der Waals surface area (Å²) in [6.07, 6.45) is 0. The van der Waals surface area contributed by atoms with Gasteiger partial charge in [0.1, 0.15) is 17.2 Å². The van der Waals surface area contributed by atoms with E-state index in [9.17, 15) is 5.26 Å². The van der Waals surface area contributed by atoms with Crippen molar-refractivity contribution >= 4 is 11.4 Å². The molecule has 1 atom stereocenters. The Hall–Kier alpha value is -5.99. The van der Waals surface area contributed by atoms with Gasteiger partial charge in [-0.3, -0.25) is 0 Å². The first kappa shape index (κ1) is 30.1. The molecule has 0 bridgehead atoms. The molecular weight excluding hydrogens is 568 g/mol. The van der Waals surface area contributed by atoms with Crippen LogP contribution >= 0.6 is 0 Å². The average molecular weight is 603 g/mol. The number of ether oxygens (including phenoxy) is 3. The lowest BCUT2D eigenvalue weighted by Gasteiger charge is -2.19. The quantitative estimate of drug-likeness (QED) is 0.169. The van der Waals surface area contributed by atoms with E-state index in [4.69, 9.17) is 14.2 Å². The molecule has 0 heterocycles. The van der Waals surface area contributed by atoms with Gasteiger partial charge in [0.05, 0.1) is 33.3 Å². The predicted octanol–water partition coefficient (Wildman–Crippen LogP) is 10.1. The van der Waals surface area contributed by atoms with Crippen LogP contribution in [0.4, 0.5) is 11.4 Å². The van der Waals surface area contributed by atoms with E-state index in [0.717, 1.165) is 73.1 Å². The smallest absolute Gasteiger partial charge is 0.118 e. The Balaban J connectivity index is 1.34. The molecule has 0 spiro atoms. The molecule has 0 fully saturated rings. The minimum atomic E-state index is -0.496. The monoisotopic (exact) mass is 602 g/mol. The summed E-state index contributed by atoms with van der Waals surface area (Å²) in [5.41, 5.74) is 10.1. The third-order valence-electron chi connectivity index (χ3n) is 8.17. The molecule has 0 aliphatic rings. The minimum absolute atomic E-state index is 0.496.